The summed E-state index contributed by atoms with van der Waals surface area (Å²) in [4.78, 5) is 19.9. The molecule has 2 aromatic carbocycles. The maximum Gasteiger partial charge on any atom is 0.267 e. The number of aromatic nitrogens is 2. The van der Waals surface area contributed by atoms with E-state index in [0.29, 0.717) is 21.1 Å². The summed E-state index contributed by atoms with van der Waals surface area (Å²) in [5.74, 6) is 0.360. The number of hydrogen-bond acceptors (Lipinski definition) is 6. The Hall–Kier alpha value is -2.42. The Bertz CT molecular complexity index is 1370. The van der Waals surface area contributed by atoms with Crippen LogP contribution in [0.3, 0.4) is 0 Å². The van der Waals surface area contributed by atoms with Crippen molar-refractivity contribution in [1.29, 1.82) is 0 Å². The number of nitrogens with zero attached hydrogens (tertiary/aromatic N) is 2. The van der Waals surface area contributed by atoms with Crippen LogP contribution in [0.25, 0.3) is 26.3 Å². The molecule has 0 saturated carbocycles. The van der Waals surface area contributed by atoms with E-state index in [1.54, 1.807) is 4.57 Å². The van der Waals surface area contributed by atoms with Crippen molar-refractivity contribution in [3.05, 3.63) is 76.6 Å². The highest BCUT2D eigenvalue weighted by atomic mass is 32.2. The van der Waals surface area contributed by atoms with Gasteiger partial charge in [-0.3, -0.25) is 9.36 Å². The molecule has 5 nitrogen and oxygen atoms in total. The number of para-hydroxylation sites is 1. The second-order valence-electron chi connectivity index (χ2n) is 7.00. The van der Waals surface area contributed by atoms with Crippen molar-refractivity contribution in [2.24, 2.45) is 0 Å². The lowest BCUT2D eigenvalue weighted by Crippen LogP contribution is -2.22. The molecule has 0 atom stereocenters. The van der Waals surface area contributed by atoms with Crippen molar-refractivity contribution >= 4 is 43.2 Å². The van der Waals surface area contributed by atoms with Gasteiger partial charge < -0.3 is 0 Å². The van der Waals surface area contributed by atoms with Gasteiger partial charge in [0.05, 0.1) is 16.8 Å². The third kappa shape index (κ3) is 4.35. The third-order valence-electron chi connectivity index (χ3n) is 4.63. The standard InChI is InChI=1S/C22H20N2O3S3/c1-15-8-6-7-11-18(15)24-21(25)17-14-19(16-9-4-3-5-10-16)29-20(17)23-22(24)28-12-13-30(2,26)27/h3-11,14H,12-13H2,1-2H3. The summed E-state index contributed by atoms with van der Waals surface area (Å²) in [7, 11) is -3.10. The Morgan fingerprint density at radius 3 is 2.47 bits per heavy atom. The first-order valence-electron chi connectivity index (χ1n) is 9.32. The maximum absolute atomic E-state index is 13.5. The highest BCUT2D eigenvalue weighted by Gasteiger charge is 2.18. The number of thiophene rings is 1. The van der Waals surface area contributed by atoms with Crippen molar-refractivity contribution in [2.75, 3.05) is 17.8 Å². The maximum atomic E-state index is 13.5. The Labute approximate surface area is 183 Å². The molecule has 0 aliphatic heterocycles. The predicted molar refractivity (Wildman–Crippen MR) is 126 cm³/mol. The topological polar surface area (TPSA) is 69.0 Å². The number of sulfone groups is 1. The van der Waals surface area contributed by atoms with Crippen molar-refractivity contribution in [2.45, 2.75) is 12.1 Å². The molecule has 0 unspecified atom stereocenters. The zero-order valence-electron chi connectivity index (χ0n) is 16.5. The number of fused-ring (bicyclic) bond motifs is 1. The molecule has 2 heterocycles. The minimum atomic E-state index is -3.10. The van der Waals surface area contributed by atoms with Crippen LogP contribution in [0.4, 0.5) is 0 Å². The molecule has 0 bridgehead atoms. The molecule has 4 aromatic rings. The molecular weight excluding hydrogens is 436 g/mol. The molecule has 0 aliphatic rings. The fourth-order valence-corrected chi connectivity index (χ4v) is 6.39. The Kier molecular flexibility index (Phi) is 5.81. The van der Waals surface area contributed by atoms with Crippen LogP contribution in [-0.2, 0) is 9.84 Å². The number of hydrogen-bond donors (Lipinski definition) is 0. The fourth-order valence-electron chi connectivity index (χ4n) is 3.11. The predicted octanol–water partition coefficient (Wildman–Crippen LogP) is 4.56. The molecule has 30 heavy (non-hydrogen) atoms. The Balaban J connectivity index is 1.89. The molecule has 4 rings (SSSR count). The van der Waals surface area contributed by atoms with Gasteiger partial charge in [0.25, 0.3) is 5.56 Å². The molecule has 8 heteroatoms. The lowest BCUT2D eigenvalue weighted by Gasteiger charge is -2.13. The third-order valence-corrected chi connectivity index (χ3v) is 7.86. The quantitative estimate of drug-likeness (QED) is 0.314. The van der Waals surface area contributed by atoms with E-state index in [4.69, 9.17) is 4.98 Å². The highest BCUT2D eigenvalue weighted by molar-refractivity contribution is 8.00. The first-order valence-corrected chi connectivity index (χ1v) is 13.2. The molecule has 154 valence electrons. The average Bonchev–Trinajstić information content (AvgIpc) is 3.13. The van der Waals surface area contributed by atoms with Crippen LogP contribution in [0, 0.1) is 6.92 Å². The monoisotopic (exact) mass is 456 g/mol. The molecule has 2 aromatic heterocycles. The first-order chi connectivity index (χ1) is 14.3. The van der Waals surface area contributed by atoms with E-state index in [-0.39, 0.29) is 11.3 Å². The molecule has 0 radical (unpaired) electrons. The summed E-state index contributed by atoms with van der Waals surface area (Å²) >= 11 is 2.76. The lowest BCUT2D eigenvalue weighted by molar-refractivity contribution is 0.603. The van der Waals surface area contributed by atoms with Crippen molar-refractivity contribution in [3.8, 4) is 16.1 Å². The lowest BCUT2D eigenvalue weighted by atomic mass is 10.2. The minimum Gasteiger partial charge on any atom is -0.268 e. The van der Waals surface area contributed by atoms with Gasteiger partial charge in [0.1, 0.15) is 14.7 Å². The van der Waals surface area contributed by atoms with Gasteiger partial charge in [0, 0.05) is 16.9 Å². The van der Waals surface area contributed by atoms with E-state index in [1.807, 2.05) is 67.6 Å². The molecule has 0 saturated heterocycles. The number of rotatable bonds is 6. The van der Waals surface area contributed by atoms with E-state index in [0.717, 1.165) is 21.7 Å². The summed E-state index contributed by atoms with van der Waals surface area (Å²) in [6, 6.07) is 19.4. The van der Waals surface area contributed by atoms with Gasteiger partial charge in [-0.1, -0.05) is 60.3 Å². The zero-order chi connectivity index (χ0) is 21.3. The summed E-state index contributed by atoms with van der Waals surface area (Å²) in [6.45, 7) is 1.94. The number of thioether (sulfide) groups is 1. The van der Waals surface area contributed by atoms with Crippen LogP contribution in [0.1, 0.15) is 5.56 Å². The summed E-state index contributed by atoms with van der Waals surface area (Å²) in [6.07, 6.45) is 1.21. The van der Waals surface area contributed by atoms with Crippen LogP contribution >= 0.6 is 23.1 Å². The largest absolute Gasteiger partial charge is 0.268 e. The van der Waals surface area contributed by atoms with E-state index in [1.165, 1.54) is 29.4 Å². The highest BCUT2D eigenvalue weighted by Crippen LogP contribution is 2.33. The van der Waals surface area contributed by atoms with E-state index in [9.17, 15) is 13.2 Å². The first kappa shape index (κ1) is 20.8. The van der Waals surface area contributed by atoms with Crippen LogP contribution in [0.5, 0.6) is 0 Å². The molecule has 0 aliphatic carbocycles. The second kappa shape index (κ2) is 8.37. The van der Waals surface area contributed by atoms with Gasteiger partial charge in [-0.15, -0.1) is 11.3 Å². The van der Waals surface area contributed by atoms with E-state index >= 15 is 0 Å². The molecule has 0 spiro atoms. The van der Waals surface area contributed by atoms with Crippen molar-refractivity contribution in [3.63, 3.8) is 0 Å². The second-order valence-corrected chi connectivity index (χ2v) is 11.3. The smallest absolute Gasteiger partial charge is 0.267 e. The van der Waals surface area contributed by atoms with Gasteiger partial charge in [0.15, 0.2) is 5.16 Å². The minimum absolute atomic E-state index is 0.0268. The normalized spacial score (nSPS) is 11.8. The fraction of sp³-hybridized carbons (Fsp3) is 0.182. The van der Waals surface area contributed by atoms with Gasteiger partial charge in [-0.2, -0.15) is 0 Å². The average molecular weight is 457 g/mol. The van der Waals surface area contributed by atoms with Crippen molar-refractivity contribution in [1.82, 2.24) is 9.55 Å². The van der Waals surface area contributed by atoms with Gasteiger partial charge in [0.2, 0.25) is 0 Å². The summed E-state index contributed by atoms with van der Waals surface area (Å²) in [5.41, 5.74) is 2.60. The summed E-state index contributed by atoms with van der Waals surface area (Å²) in [5, 5.41) is 1.07. The molecule has 0 fully saturated rings. The Morgan fingerprint density at radius 2 is 1.77 bits per heavy atom. The molecule has 0 amide bonds. The van der Waals surface area contributed by atoms with E-state index in [2.05, 4.69) is 0 Å². The van der Waals surface area contributed by atoms with Crippen LogP contribution in [0.15, 0.2) is 70.6 Å². The van der Waals surface area contributed by atoms with Crippen LogP contribution in [-0.4, -0.2) is 35.7 Å². The van der Waals surface area contributed by atoms with Crippen LogP contribution in [0.2, 0.25) is 0 Å². The van der Waals surface area contributed by atoms with Gasteiger partial charge in [-0.05, 0) is 30.2 Å². The number of aryl methyl sites for hydroxylation is 1. The Morgan fingerprint density at radius 1 is 1.07 bits per heavy atom. The summed E-state index contributed by atoms with van der Waals surface area (Å²) < 4.78 is 24.7. The van der Waals surface area contributed by atoms with Crippen LogP contribution < -0.4 is 5.56 Å². The van der Waals surface area contributed by atoms with E-state index < -0.39 is 9.84 Å². The van der Waals surface area contributed by atoms with Crippen molar-refractivity contribution < 1.29 is 8.42 Å². The van der Waals surface area contributed by atoms with Gasteiger partial charge >= 0.3 is 0 Å². The number of benzene rings is 2. The van der Waals surface area contributed by atoms with Gasteiger partial charge in [-0.25, -0.2) is 13.4 Å². The zero-order valence-corrected chi connectivity index (χ0v) is 19.0. The molecular formula is C22H20N2O3S3. The SMILES string of the molecule is Cc1ccccc1-n1c(SCCS(C)(=O)=O)nc2sc(-c3ccccc3)cc2c1=O. The molecule has 0 N–H and O–H groups in total.